The number of carbonyl (C=O) groups excluding carboxylic acids is 1. The molecule has 0 saturated heterocycles. The molecule has 98 valence electrons. The van der Waals surface area contributed by atoms with Crippen LogP contribution in [0.1, 0.15) is 41.0 Å². The molecule has 0 aliphatic carbocycles. The molecule has 0 radical (unpaired) electrons. The van der Waals surface area contributed by atoms with E-state index in [9.17, 15) is 4.79 Å². The van der Waals surface area contributed by atoms with E-state index >= 15 is 0 Å². The van der Waals surface area contributed by atoms with E-state index in [0.717, 1.165) is 18.5 Å². The Kier molecular flexibility index (Phi) is 8.11. The summed E-state index contributed by atoms with van der Waals surface area (Å²) in [6, 6.07) is 0. The van der Waals surface area contributed by atoms with Crippen LogP contribution in [0.25, 0.3) is 0 Å². The summed E-state index contributed by atoms with van der Waals surface area (Å²) in [6.45, 7) is 11.0. The van der Waals surface area contributed by atoms with Crippen molar-refractivity contribution >= 4 is 11.7 Å². The molecule has 4 heteroatoms. The molecule has 1 N–H and O–H groups in total. The fourth-order valence-electron chi connectivity index (χ4n) is 1.11. The summed E-state index contributed by atoms with van der Waals surface area (Å²) < 4.78 is 4.93. The minimum atomic E-state index is -0.384. The van der Waals surface area contributed by atoms with E-state index in [1.807, 2.05) is 13.8 Å². The van der Waals surface area contributed by atoms with Gasteiger partial charge < -0.3 is 10.2 Å². The SMILES string of the molecule is CCOC(=O)/C(C=C(C)C)=N\NCCC(C)C. The zero-order valence-electron chi connectivity index (χ0n) is 11.5. The Labute approximate surface area is 104 Å². The second-order valence-electron chi connectivity index (χ2n) is 4.53. The van der Waals surface area contributed by atoms with Gasteiger partial charge in [-0.1, -0.05) is 19.4 Å². The van der Waals surface area contributed by atoms with Gasteiger partial charge in [0.05, 0.1) is 6.61 Å². The van der Waals surface area contributed by atoms with Crippen molar-refractivity contribution in [2.24, 2.45) is 11.0 Å². The molecule has 17 heavy (non-hydrogen) atoms. The summed E-state index contributed by atoms with van der Waals surface area (Å²) in [5, 5.41) is 4.07. The third-order valence-electron chi connectivity index (χ3n) is 1.94. The summed E-state index contributed by atoms with van der Waals surface area (Å²) in [5.74, 6) is 0.234. The number of esters is 1. The van der Waals surface area contributed by atoms with Crippen molar-refractivity contribution in [3.8, 4) is 0 Å². The van der Waals surface area contributed by atoms with Crippen molar-refractivity contribution in [3.63, 3.8) is 0 Å². The molecule has 4 nitrogen and oxygen atoms in total. The molecule has 0 heterocycles. The van der Waals surface area contributed by atoms with Crippen LogP contribution in [0.3, 0.4) is 0 Å². The van der Waals surface area contributed by atoms with Gasteiger partial charge in [-0.05, 0) is 39.2 Å². The second kappa shape index (κ2) is 8.79. The Morgan fingerprint density at radius 1 is 1.41 bits per heavy atom. The molecular formula is C13H24N2O2. The molecule has 0 rings (SSSR count). The lowest BCUT2D eigenvalue weighted by Crippen LogP contribution is -2.21. The van der Waals surface area contributed by atoms with Gasteiger partial charge in [-0.15, -0.1) is 0 Å². The zero-order chi connectivity index (χ0) is 13.3. The highest BCUT2D eigenvalue weighted by molar-refractivity contribution is 6.41. The number of hydrazone groups is 1. The molecule has 0 bridgehead atoms. The van der Waals surface area contributed by atoms with E-state index in [-0.39, 0.29) is 5.97 Å². The Bertz CT molecular complexity index is 290. The first-order valence-corrected chi connectivity index (χ1v) is 6.10. The molecular weight excluding hydrogens is 216 g/mol. The highest BCUT2D eigenvalue weighted by Gasteiger charge is 2.09. The molecule has 0 unspecified atom stereocenters. The van der Waals surface area contributed by atoms with E-state index in [1.165, 1.54) is 0 Å². The van der Waals surface area contributed by atoms with Gasteiger partial charge in [-0.25, -0.2) is 4.79 Å². The minimum Gasteiger partial charge on any atom is -0.461 e. The number of hydrogen-bond donors (Lipinski definition) is 1. The van der Waals surface area contributed by atoms with Crippen LogP contribution in [0.2, 0.25) is 0 Å². The topological polar surface area (TPSA) is 50.7 Å². The van der Waals surface area contributed by atoms with Crippen molar-refractivity contribution in [1.29, 1.82) is 0 Å². The van der Waals surface area contributed by atoms with E-state index < -0.39 is 0 Å². The third kappa shape index (κ3) is 8.48. The fourth-order valence-corrected chi connectivity index (χ4v) is 1.11. The monoisotopic (exact) mass is 240 g/mol. The Balaban J connectivity index is 4.42. The maximum Gasteiger partial charge on any atom is 0.358 e. The van der Waals surface area contributed by atoms with Gasteiger partial charge in [0.2, 0.25) is 0 Å². The number of hydrogen-bond acceptors (Lipinski definition) is 4. The van der Waals surface area contributed by atoms with Crippen LogP contribution >= 0.6 is 0 Å². The van der Waals surface area contributed by atoms with Crippen LogP contribution in [-0.4, -0.2) is 24.8 Å². The van der Waals surface area contributed by atoms with E-state index in [2.05, 4.69) is 24.4 Å². The van der Waals surface area contributed by atoms with Crippen LogP contribution in [-0.2, 0) is 9.53 Å². The van der Waals surface area contributed by atoms with Gasteiger partial charge in [0.1, 0.15) is 0 Å². The first kappa shape index (κ1) is 15.7. The van der Waals surface area contributed by atoms with Crippen molar-refractivity contribution in [1.82, 2.24) is 5.43 Å². The zero-order valence-corrected chi connectivity index (χ0v) is 11.5. The molecule has 0 fully saturated rings. The molecule has 0 atom stereocenters. The van der Waals surface area contributed by atoms with Crippen LogP contribution in [0.15, 0.2) is 16.8 Å². The van der Waals surface area contributed by atoms with Gasteiger partial charge in [0, 0.05) is 6.54 Å². The third-order valence-corrected chi connectivity index (χ3v) is 1.94. The molecule has 0 aromatic rings. The van der Waals surface area contributed by atoms with Gasteiger partial charge in [0.25, 0.3) is 0 Å². The highest BCUT2D eigenvalue weighted by atomic mass is 16.5. The van der Waals surface area contributed by atoms with Crippen molar-refractivity contribution in [2.75, 3.05) is 13.2 Å². The predicted molar refractivity (Wildman–Crippen MR) is 71.0 cm³/mol. The van der Waals surface area contributed by atoms with Crippen molar-refractivity contribution in [3.05, 3.63) is 11.6 Å². The molecule has 0 saturated carbocycles. The van der Waals surface area contributed by atoms with Gasteiger partial charge in [-0.2, -0.15) is 5.10 Å². The highest BCUT2D eigenvalue weighted by Crippen LogP contribution is 1.97. The van der Waals surface area contributed by atoms with Crippen LogP contribution < -0.4 is 5.43 Å². The lowest BCUT2D eigenvalue weighted by Gasteiger charge is -2.06. The maximum atomic E-state index is 11.6. The first-order valence-electron chi connectivity index (χ1n) is 6.10. The van der Waals surface area contributed by atoms with Gasteiger partial charge in [-0.3, -0.25) is 0 Å². The Morgan fingerprint density at radius 3 is 2.53 bits per heavy atom. The first-order chi connectivity index (χ1) is 7.97. The number of rotatable bonds is 7. The molecule has 0 aromatic heterocycles. The van der Waals surface area contributed by atoms with Crippen LogP contribution in [0, 0.1) is 5.92 Å². The molecule has 0 aromatic carbocycles. The largest absolute Gasteiger partial charge is 0.461 e. The summed E-state index contributed by atoms with van der Waals surface area (Å²) >= 11 is 0. The average molecular weight is 240 g/mol. The van der Waals surface area contributed by atoms with E-state index in [0.29, 0.717) is 18.2 Å². The molecule has 0 spiro atoms. The number of allylic oxidation sites excluding steroid dienone is 1. The lowest BCUT2D eigenvalue weighted by molar-refractivity contribution is -0.134. The number of ether oxygens (including phenoxy) is 1. The van der Waals surface area contributed by atoms with Crippen LogP contribution in [0.4, 0.5) is 0 Å². The quantitative estimate of drug-likeness (QED) is 0.322. The van der Waals surface area contributed by atoms with Gasteiger partial charge in [0.15, 0.2) is 5.71 Å². The Hall–Kier alpha value is -1.32. The van der Waals surface area contributed by atoms with E-state index in [4.69, 9.17) is 4.74 Å². The molecule has 0 aliphatic heterocycles. The number of nitrogens with zero attached hydrogens (tertiary/aromatic N) is 1. The van der Waals surface area contributed by atoms with Gasteiger partial charge >= 0.3 is 5.97 Å². The fraction of sp³-hybridized carbons (Fsp3) is 0.692. The van der Waals surface area contributed by atoms with Crippen molar-refractivity contribution in [2.45, 2.75) is 41.0 Å². The normalized spacial score (nSPS) is 11.3. The van der Waals surface area contributed by atoms with E-state index in [1.54, 1.807) is 13.0 Å². The summed E-state index contributed by atoms with van der Waals surface area (Å²) in [6.07, 6.45) is 2.74. The second-order valence-corrected chi connectivity index (χ2v) is 4.53. The minimum absolute atomic E-state index is 0.329. The number of carbonyl (C=O) groups is 1. The summed E-state index contributed by atoms with van der Waals surface area (Å²) in [7, 11) is 0. The average Bonchev–Trinajstić information content (AvgIpc) is 2.22. The molecule has 0 amide bonds. The summed E-state index contributed by atoms with van der Waals surface area (Å²) in [5.41, 5.74) is 4.25. The lowest BCUT2D eigenvalue weighted by atomic mass is 10.1. The predicted octanol–water partition coefficient (Wildman–Crippen LogP) is 2.51. The van der Waals surface area contributed by atoms with Crippen molar-refractivity contribution < 1.29 is 9.53 Å². The standard InChI is InChI=1S/C13H24N2O2/c1-6-17-13(16)12(9-11(4)5)15-14-8-7-10(2)3/h9-10,14H,6-8H2,1-5H3/b15-12-. The maximum absolute atomic E-state index is 11.6. The smallest absolute Gasteiger partial charge is 0.358 e. The Morgan fingerprint density at radius 2 is 2.06 bits per heavy atom. The number of nitrogens with one attached hydrogen (secondary N) is 1. The summed E-state index contributed by atoms with van der Waals surface area (Å²) in [4.78, 5) is 11.6. The molecule has 0 aliphatic rings. The van der Waals surface area contributed by atoms with Crippen LogP contribution in [0.5, 0.6) is 0 Å².